The summed E-state index contributed by atoms with van der Waals surface area (Å²) in [4.78, 5) is 21.1. The molecule has 0 heterocycles. The van der Waals surface area contributed by atoms with Crippen LogP contribution in [0.15, 0.2) is 0 Å². The number of ether oxygens (including phenoxy) is 4. The average Bonchev–Trinajstić information content (AvgIpc) is 2.24. The zero-order chi connectivity index (χ0) is 11.7. The van der Waals surface area contributed by atoms with Crippen LogP contribution in [-0.2, 0) is 28.5 Å². The van der Waals surface area contributed by atoms with Crippen molar-refractivity contribution in [3.8, 4) is 0 Å². The van der Waals surface area contributed by atoms with Crippen molar-refractivity contribution in [2.75, 3.05) is 20.3 Å². The minimum Gasteiger partial charge on any atom is -0.458 e. The molecule has 0 bridgehead atoms. The molecule has 0 fully saturated rings. The molecule has 0 aliphatic rings. The molecule has 15 heavy (non-hydrogen) atoms. The summed E-state index contributed by atoms with van der Waals surface area (Å²) >= 11 is 0. The van der Waals surface area contributed by atoms with E-state index in [9.17, 15) is 9.59 Å². The maximum Gasteiger partial charge on any atom is 0.347 e. The minimum absolute atomic E-state index is 0.0320. The molecule has 0 saturated carbocycles. The van der Waals surface area contributed by atoms with Crippen LogP contribution in [0.1, 0.15) is 13.8 Å². The Morgan fingerprint density at radius 2 is 2.13 bits per heavy atom. The smallest absolute Gasteiger partial charge is 0.347 e. The lowest BCUT2D eigenvalue weighted by Crippen LogP contribution is -2.29. The Balaban J connectivity index is 3.81. The summed E-state index contributed by atoms with van der Waals surface area (Å²) in [6.07, 6.45) is -1.51. The first kappa shape index (κ1) is 13.9. The van der Waals surface area contributed by atoms with Gasteiger partial charge in [0.1, 0.15) is 6.61 Å². The zero-order valence-electron chi connectivity index (χ0n) is 9.10. The van der Waals surface area contributed by atoms with Crippen molar-refractivity contribution < 1.29 is 28.5 Å². The van der Waals surface area contributed by atoms with E-state index < -0.39 is 18.4 Å². The van der Waals surface area contributed by atoms with Gasteiger partial charge in [-0.15, -0.1) is 0 Å². The lowest BCUT2D eigenvalue weighted by molar-refractivity contribution is -0.181. The summed E-state index contributed by atoms with van der Waals surface area (Å²) in [5.41, 5.74) is 0. The van der Waals surface area contributed by atoms with Gasteiger partial charge in [0.05, 0.1) is 0 Å². The molecule has 2 atom stereocenters. The Hall–Kier alpha value is -1.14. The highest BCUT2D eigenvalue weighted by Gasteiger charge is 2.17. The van der Waals surface area contributed by atoms with Gasteiger partial charge in [-0.25, -0.2) is 4.79 Å². The van der Waals surface area contributed by atoms with Crippen LogP contribution in [0.5, 0.6) is 0 Å². The maximum absolute atomic E-state index is 11.1. The van der Waals surface area contributed by atoms with Crippen molar-refractivity contribution in [3.05, 3.63) is 0 Å². The van der Waals surface area contributed by atoms with Crippen LogP contribution < -0.4 is 0 Å². The van der Waals surface area contributed by atoms with Gasteiger partial charge in [-0.1, -0.05) is 0 Å². The molecule has 0 amide bonds. The van der Waals surface area contributed by atoms with Crippen LogP contribution in [0.25, 0.3) is 0 Å². The third kappa shape index (κ3) is 6.03. The van der Waals surface area contributed by atoms with Crippen molar-refractivity contribution in [1.82, 2.24) is 0 Å². The number of esters is 1. The molecule has 0 aromatic carbocycles. The second kappa shape index (κ2) is 8.19. The number of hydrogen-bond acceptors (Lipinski definition) is 6. The Morgan fingerprint density at radius 1 is 1.47 bits per heavy atom. The fraction of sp³-hybridized carbons (Fsp3) is 0.778. The van der Waals surface area contributed by atoms with Crippen molar-refractivity contribution in [1.29, 1.82) is 0 Å². The molecule has 0 aliphatic heterocycles. The SMILES string of the molecule is CCOC(COC(=O)C(C)OC=O)OC. The topological polar surface area (TPSA) is 71.1 Å². The Labute approximate surface area is 88.4 Å². The van der Waals surface area contributed by atoms with E-state index in [0.717, 1.165) is 0 Å². The van der Waals surface area contributed by atoms with E-state index in [1.165, 1.54) is 14.0 Å². The van der Waals surface area contributed by atoms with Gasteiger partial charge in [0.2, 0.25) is 0 Å². The number of hydrogen-bond donors (Lipinski definition) is 0. The zero-order valence-corrected chi connectivity index (χ0v) is 9.10. The molecular weight excluding hydrogens is 204 g/mol. The second-order valence-electron chi connectivity index (χ2n) is 2.63. The first-order chi connectivity index (χ1) is 7.15. The van der Waals surface area contributed by atoms with Crippen molar-refractivity contribution >= 4 is 12.4 Å². The fourth-order valence-corrected chi connectivity index (χ4v) is 0.777. The van der Waals surface area contributed by atoms with Crippen LogP contribution in [-0.4, -0.2) is 45.2 Å². The monoisotopic (exact) mass is 220 g/mol. The van der Waals surface area contributed by atoms with E-state index in [2.05, 4.69) is 4.74 Å². The lowest BCUT2D eigenvalue weighted by atomic mass is 10.4. The predicted octanol–water partition coefficient (Wildman–Crippen LogP) is 0.100. The summed E-state index contributed by atoms with van der Waals surface area (Å²) in [5, 5.41) is 0. The number of rotatable bonds is 8. The van der Waals surface area contributed by atoms with Gasteiger partial charge in [0.15, 0.2) is 12.4 Å². The third-order valence-electron chi connectivity index (χ3n) is 1.57. The van der Waals surface area contributed by atoms with Gasteiger partial charge < -0.3 is 18.9 Å². The van der Waals surface area contributed by atoms with E-state index in [1.54, 1.807) is 6.92 Å². The predicted molar refractivity (Wildman–Crippen MR) is 50.0 cm³/mol. The molecule has 0 aromatic heterocycles. The van der Waals surface area contributed by atoms with Crippen molar-refractivity contribution in [3.63, 3.8) is 0 Å². The van der Waals surface area contributed by atoms with Crippen molar-refractivity contribution in [2.24, 2.45) is 0 Å². The normalized spacial score (nSPS) is 14.1. The molecule has 0 aliphatic carbocycles. The van der Waals surface area contributed by atoms with Gasteiger partial charge in [0, 0.05) is 13.7 Å². The van der Waals surface area contributed by atoms with Gasteiger partial charge in [-0.3, -0.25) is 4.79 Å². The van der Waals surface area contributed by atoms with Gasteiger partial charge in [0.25, 0.3) is 6.47 Å². The Morgan fingerprint density at radius 3 is 2.60 bits per heavy atom. The summed E-state index contributed by atoms with van der Waals surface area (Å²) in [7, 11) is 1.44. The van der Waals surface area contributed by atoms with Crippen LogP contribution in [0, 0.1) is 0 Å². The van der Waals surface area contributed by atoms with Crippen LogP contribution in [0.4, 0.5) is 0 Å². The summed E-state index contributed by atoms with van der Waals surface area (Å²) in [5.74, 6) is -0.635. The highest BCUT2D eigenvalue weighted by molar-refractivity contribution is 5.75. The molecule has 0 aromatic rings. The molecular formula is C9H16O6. The van der Waals surface area contributed by atoms with Crippen LogP contribution in [0.2, 0.25) is 0 Å². The maximum atomic E-state index is 11.1. The standard InChI is InChI=1S/C9H16O6/c1-4-13-8(12-3)5-14-9(11)7(2)15-6-10/h6-8H,4-5H2,1-3H3. The minimum atomic E-state index is -0.915. The summed E-state index contributed by atoms with van der Waals surface area (Å²) < 4.78 is 19.1. The van der Waals surface area contributed by atoms with E-state index in [4.69, 9.17) is 14.2 Å². The molecule has 88 valence electrons. The number of carbonyl (C=O) groups excluding carboxylic acids is 2. The van der Waals surface area contributed by atoms with Gasteiger partial charge in [-0.05, 0) is 13.8 Å². The molecule has 0 radical (unpaired) electrons. The fourth-order valence-electron chi connectivity index (χ4n) is 0.777. The van der Waals surface area contributed by atoms with E-state index >= 15 is 0 Å². The molecule has 6 nitrogen and oxygen atoms in total. The van der Waals surface area contributed by atoms with Crippen LogP contribution in [0.3, 0.4) is 0 Å². The molecule has 0 spiro atoms. The summed E-state index contributed by atoms with van der Waals surface area (Å²) in [6, 6.07) is 0. The first-order valence-electron chi connectivity index (χ1n) is 4.55. The lowest BCUT2D eigenvalue weighted by Gasteiger charge is -2.16. The molecule has 2 unspecified atom stereocenters. The number of carbonyl (C=O) groups is 2. The molecule has 0 rings (SSSR count). The first-order valence-corrected chi connectivity index (χ1v) is 4.55. The molecule has 0 saturated heterocycles. The van der Waals surface area contributed by atoms with E-state index in [0.29, 0.717) is 6.61 Å². The Kier molecular flexibility index (Phi) is 7.57. The van der Waals surface area contributed by atoms with E-state index in [-0.39, 0.29) is 13.1 Å². The highest BCUT2D eigenvalue weighted by Crippen LogP contribution is 1.98. The van der Waals surface area contributed by atoms with Gasteiger partial charge >= 0.3 is 5.97 Å². The summed E-state index contributed by atoms with van der Waals surface area (Å²) in [6.45, 7) is 3.83. The molecule has 0 N–H and O–H groups in total. The van der Waals surface area contributed by atoms with Crippen LogP contribution >= 0.6 is 0 Å². The van der Waals surface area contributed by atoms with E-state index in [1.807, 2.05) is 0 Å². The molecule has 6 heteroatoms. The quantitative estimate of drug-likeness (QED) is 0.328. The number of methoxy groups -OCH3 is 1. The van der Waals surface area contributed by atoms with Crippen molar-refractivity contribution in [2.45, 2.75) is 26.2 Å². The largest absolute Gasteiger partial charge is 0.458 e. The Bertz CT molecular complexity index is 193. The highest BCUT2D eigenvalue weighted by atomic mass is 16.7. The van der Waals surface area contributed by atoms with Gasteiger partial charge in [-0.2, -0.15) is 0 Å². The average molecular weight is 220 g/mol. The second-order valence-corrected chi connectivity index (χ2v) is 2.63. The third-order valence-corrected chi connectivity index (χ3v) is 1.57.